The Kier molecular flexibility index (Phi) is 6.65. The SMILES string of the molecule is CCCc1c(F)cc(CCc2ccc(/C=C(/F)CC)cc2)cc1F. The van der Waals surface area contributed by atoms with Gasteiger partial charge in [0.25, 0.3) is 0 Å². The molecule has 0 aliphatic rings. The zero-order valence-electron chi connectivity index (χ0n) is 14.2. The Morgan fingerprint density at radius 3 is 2.00 bits per heavy atom. The van der Waals surface area contributed by atoms with Gasteiger partial charge in [0.2, 0.25) is 0 Å². The van der Waals surface area contributed by atoms with Gasteiger partial charge >= 0.3 is 0 Å². The fraction of sp³-hybridized carbons (Fsp3) is 0.333. The molecule has 3 heteroatoms. The van der Waals surface area contributed by atoms with Gasteiger partial charge in [-0.2, -0.15) is 0 Å². The highest BCUT2D eigenvalue weighted by Crippen LogP contribution is 2.19. The molecule has 2 aromatic carbocycles. The summed E-state index contributed by atoms with van der Waals surface area (Å²) in [4.78, 5) is 0. The van der Waals surface area contributed by atoms with Crippen LogP contribution in [0.1, 0.15) is 48.9 Å². The lowest BCUT2D eigenvalue weighted by Gasteiger charge is -2.08. The number of allylic oxidation sites excluding steroid dienone is 1. The van der Waals surface area contributed by atoms with Gasteiger partial charge in [-0.1, -0.05) is 44.5 Å². The molecule has 2 aromatic rings. The molecular weight excluding hydrogens is 309 g/mol. The summed E-state index contributed by atoms with van der Waals surface area (Å²) in [6.45, 7) is 3.67. The highest BCUT2D eigenvalue weighted by Gasteiger charge is 2.10. The molecule has 0 bridgehead atoms. The minimum absolute atomic E-state index is 0.152. The van der Waals surface area contributed by atoms with E-state index in [9.17, 15) is 13.2 Å². The van der Waals surface area contributed by atoms with Gasteiger partial charge in [-0.15, -0.1) is 0 Å². The van der Waals surface area contributed by atoms with Crippen LogP contribution < -0.4 is 0 Å². The molecule has 128 valence electrons. The molecule has 0 fully saturated rings. The summed E-state index contributed by atoms with van der Waals surface area (Å²) in [5.41, 5.74) is 2.71. The summed E-state index contributed by atoms with van der Waals surface area (Å²) in [6.07, 6.45) is 4.28. The van der Waals surface area contributed by atoms with E-state index in [1.807, 2.05) is 31.2 Å². The minimum Gasteiger partial charge on any atom is -0.212 e. The van der Waals surface area contributed by atoms with Crippen LogP contribution in [0.3, 0.4) is 0 Å². The van der Waals surface area contributed by atoms with Gasteiger partial charge in [-0.05, 0) is 60.6 Å². The first-order valence-electron chi connectivity index (χ1n) is 8.45. The molecule has 0 saturated carbocycles. The Hall–Kier alpha value is -2.03. The third-order valence-electron chi connectivity index (χ3n) is 4.04. The van der Waals surface area contributed by atoms with Crippen LogP contribution >= 0.6 is 0 Å². The van der Waals surface area contributed by atoms with E-state index in [0.717, 1.165) is 11.1 Å². The monoisotopic (exact) mass is 332 g/mol. The maximum Gasteiger partial charge on any atom is 0.129 e. The quantitative estimate of drug-likeness (QED) is 0.548. The van der Waals surface area contributed by atoms with Gasteiger partial charge in [0.1, 0.15) is 17.5 Å². The van der Waals surface area contributed by atoms with Crippen LogP contribution in [0.4, 0.5) is 13.2 Å². The van der Waals surface area contributed by atoms with Crippen LogP contribution in [0.15, 0.2) is 42.2 Å². The minimum atomic E-state index is -0.456. The maximum atomic E-state index is 13.9. The molecule has 0 aliphatic heterocycles. The predicted octanol–water partition coefficient (Wildman–Crippen LogP) is 6.42. The lowest BCUT2D eigenvalue weighted by molar-refractivity contribution is 0.549. The molecule has 0 radical (unpaired) electrons. The number of aryl methyl sites for hydroxylation is 2. The van der Waals surface area contributed by atoms with E-state index in [-0.39, 0.29) is 11.4 Å². The molecule has 0 aromatic heterocycles. The van der Waals surface area contributed by atoms with E-state index in [0.29, 0.717) is 37.7 Å². The molecule has 0 nitrogen and oxygen atoms in total. The maximum absolute atomic E-state index is 13.9. The zero-order valence-corrected chi connectivity index (χ0v) is 14.2. The average molecular weight is 332 g/mol. The van der Waals surface area contributed by atoms with Crippen molar-refractivity contribution in [3.8, 4) is 0 Å². The van der Waals surface area contributed by atoms with Gasteiger partial charge in [-0.25, -0.2) is 13.2 Å². The van der Waals surface area contributed by atoms with Crippen LogP contribution in [0.2, 0.25) is 0 Å². The smallest absolute Gasteiger partial charge is 0.129 e. The highest BCUT2D eigenvalue weighted by atomic mass is 19.1. The van der Waals surface area contributed by atoms with Gasteiger partial charge in [-0.3, -0.25) is 0 Å². The molecular formula is C21H23F3. The van der Waals surface area contributed by atoms with E-state index in [1.165, 1.54) is 18.2 Å². The van der Waals surface area contributed by atoms with Gasteiger partial charge in [0, 0.05) is 5.56 Å². The summed E-state index contributed by atoms with van der Waals surface area (Å²) in [5.74, 6) is -1.06. The second kappa shape index (κ2) is 8.72. The first-order valence-corrected chi connectivity index (χ1v) is 8.45. The Bertz CT molecular complexity index is 677. The van der Waals surface area contributed by atoms with Crippen molar-refractivity contribution in [1.82, 2.24) is 0 Å². The zero-order chi connectivity index (χ0) is 17.5. The Morgan fingerprint density at radius 2 is 1.46 bits per heavy atom. The third kappa shape index (κ3) is 4.98. The van der Waals surface area contributed by atoms with Gasteiger partial charge in [0.05, 0.1) is 0 Å². The van der Waals surface area contributed by atoms with Crippen molar-refractivity contribution in [2.75, 3.05) is 0 Å². The molecule has 2 rings (SSSR count). The van der Waals surface area contributed by atoms with Gasteiger partial charge < -0.3 is 0 Å². The van der Waals surface area contributed by atoms with Crippen molar-refractivity contribution in [3.05, 3.63) is 76.1 Å². The van der Waals surface area contributed by atoms with Crippen molar-refractivity contribution in [1.29, 1.82) is 0 Å². The summed E-state index contributed by atoms with van der Waals surface area (Å²) < 4.78 is 41.1. The van der Waals surface area contributed by atoms with Crippen LogP contribution in [-0.4, -0.2) is 0 Å². The van der Waals surface area contributed by atoms with E-state index in [4.69, 9.17) is 0 Å². The number of halogens is 3. The molecule has 0 amide bonds. The molecule has 0 heterocycles. The molecule has 24 heavy (non-hydrogen) atoms. The van der Waals surface area contributed by atoms with E-state index in [1.54, 1.807) is 6.92 Å². The first-order chi connectivity index (χ1) is 11.5. The lowest BCUT2D eigenvalue weighted by Crippen LogP contribution is -2.00. The average Bonchev–Trinajstić information content (AvgIpc) is 2.57. The van der Waals surface area contributed by atoms with E-state index >= 15 is 0 Å². The largest absolute Gasteiger partial charge is 0.212 e. The van der Waals surface area contributed by atoms with Crippen molar-refractivity contribution in [3.63, 3.8) is 0 Å². The second-order valence-electron chi connectivity index (χ2n) is 5.97. The molecule has 0 atom stereocenters. The fourth-order valence-electron chi connectivity index (χ4n) is 2.64. The predicted molar refractivity (Wildman–Crippen MR) is 93.6 cm³/mol. The summed E-state index contributed by atoms with van der Waals surface area (Å²) in [5, 5.41) is 0. The lowest BCUT2D eigenvalue weighted by atomic mass is 10.00. The fourth-order valence-corrected chi connectivity index (χ4v) is 2.64. The number of hydrogen-bond acceptors (Lipinski definition) is 0. The second-order valence-corrected chi connectivity index (χ2v) is 5.97. The number of rotatable bonds is 7. The Balaban J connectivity index is 2.03. The highest BCUT2D eigenvalue weighted by molar-refractivity contribution is 5.51. The molecule has 0 aliphatic carbocycles. The van der Waals surface area contributed by atoms with Crippen LogP contribution in [0, 0.1) is 11.6 Å². The topological polar surface area (TPSA) is 0 Å². The van der Waals surface area contributed by atoms with Crippen molar-refractivity contribution >= 4 is 6.08 Å². The van der Waals surface area contributed by atoms with E-state index < -0.39 is 11.6 Å². The normalized spacial score (nSPS) is 11.8. The molecule has 0 N–H and O–H groups in total. The van der Waals surface area contributed by atoms with Crippen LogP contribution in [-0.2, 0) is 19.3 Å². The van der Waals surface area contributed by atoms with Crippen LogP contribution in [0.5, 0.6) is 0 Å². The third-order valence-corrected chi connectivity index (χ3v) is 4.04. The molecule has 0 unspecified atom stereocenters. The van der Waals surface area contributed by atoms with Gasteiger partial charge in [0.15, 0.2) is 0 Å². The Morgan fingerprint density at radius 1 is 0.875 bits per heavy atom. The van der Waals surface area contributed by atoms with Crippen molar-refractivity contribution in [2.24, 2.45) is 0 Å². The van der Waals surface area contributed by atoms with E-state index in [2.05, 4.69) is 0 Å². The summed E-state index contributed by atoms with van der Waals surface area (Å²) in [6, 6.07) is 10.4. The molecule has 0 saturated heterocycles. The van der Waals surface area contributed by atoms with Crippen molar-refractivity contribution in [2.45, 2.75) is 46.0 Å². The summed E-state index contributed by atoms with van der Waals surface area (Å²) in [7, 11) is 0. The summed E-state index contributed by atoms with van der Waals surface area (Å²) >= 11 is 0. The number of benzene rings is 2. The van der Waals surface area contributed by atoms with Crippen LogP contribution in [0.25, 0.3) is 6.08 Å². The molecule has 0 spiro atoms. The Labute approximate surface area is 142 Å². The first kappa shape index (κ1) is 18.3. The number of hydrogen-bond donors (Lipinski definition) is 0. The standard InChI is InChI=1S/C21H23F3/c1-3-5-19-20(23)13-17(14-21(19)24)11-8-15-6-9-16(10-7-15)12-18(22)4-2/h6-7,9-10,12-14H,3-5,8,11H2,1-2H3/b18-12+. The van der Waals surface area contributed by atoms with Crippen molar-refractivity contribution < 1.29 is 13.2 Å².